The Morgan fingerprint density at radius 2 is 1.83 bits per heavy atom. The van der Waals surface area contributed by atoms with Gasteiger partial charge in [0, 0.05) is 19.6 Å². The highest BCUT2D eigenvalue weighted by atomic mass is 16.6. The lowest BCUT2D eigenvalue weighted by Gasteiger charge is -2.25. The maximum atomic E-state index is 13.1. The average Bonchev–Trinajstić information content (AvgIpc) is 3.20. The molecule has 1 unspecified atom stereocenters. The van der Waals surface area contributed by atoms with E-state index in [-0.39, 0.29) is 44.2 Å². The zero-order valence-electron chi connectivity index (χ0n) is 19.9. The number of hydrogen-bond donors (Lipinski definition) is 0. The van der Waals surface area contributed by atoms with Crippen LogP contribution in [0, 0.1) is 0 Å². The first kappa shape index (κ1) is 24.5. The lowest BCUT2D eigenvalue weighted by molar-refractivity contribution is -0.139. The lowest BCUT2D eigenvalue weighted by atomic mass is 10.1. The predicted octanol–water partition coefficient (Wildman–Crippen LogP) is 1.95. The molecular formula is C26H31N3O6. The van der Waals surface area contributed by atoms with Gasteiger partial charge in [0.15, 0.2) is 0 Å². The molecule has 2 aromatic rings. The van der Waals surface area contributed by atoms with E-state index in [9.17, 15) is 14.4 Å². The van der Waals surface area contributed by atoms with Crippen molar-refractivity contribution in [2.75, 3.05) is 53.0 Å². The van der Waals surface area contributed by atoms with Crippen LogP contribution in [0.15, 0.2) is 54.6 Å². The van der Waals surface area contributed by atoms with Crippen molar-refractivity contribution < 1.29 is 28.6 Å². The van der Waals surface area contributed by atoms with Gasteiger partial charge in [-0.25, -0.2) is 4.79 Å². The van der Waals surface area contributed by atoms with Gasteiger partial charge in [0.25, 0.3) is 0 Å². The molecule has 9 heteroatoms. The molecule has 3 amide bonds. The third kappa shape index (κ3) is 6.73. The van der Waals surface area contributed by atoms with Crippen molar-refractivity contribution in [3.8, 4) is 5.75 Å². The molecule has 4 rings (SSSR count). The van der Waals surface area contributed by atoms with Gasteiger partial charge in [0.1, 0.15) is 18.9 Å². The standard InChI is InChI=1S/C26H31N3O6/c1-33-22-9-5-8-21(14-22)19-35-23-15-27(11-10-20-6-3-2-4-7-20)24(30)18-29(16-23)25(31)17-28-12-13-34-26(28)32/h2-9,14,23H,10-13,15-19H2,1H3. The molecule has 1 atom stereocenters. The Bertz CT molecular complexity index is 1030. The highest BCUT2D eigenvalue weighted by molar-refractivity contribution is 5.88. The van der Waals surface area contributed by atoms with Gasteiger partial charge in [-0.1, -0.05) is 42.5 Å². The van der Waals surface area contributed by atoms with Crippen LogP contribution >= 0.6 is 0 Å². The first-order valence-electron chi connectivity index (χ1n) is 11.8. The zero-order valence-corrected chi connectivity index (χ0v) is 19.9. The van der Waals surface area contributed by atoms with Crippen molar-refractivity contribution in [3.63, 3.8) is 0 Å². The summed E-state index contributed by atoms with van der Waals surface area (Å²) in [7, 11) is 1.61. The van der Waals surface area contributed by atoms with Crippen molar-refractivity contribution in [2.24, 2.45) is 0 Å². The molecule has 2 fully saturated rings. The molecule has 0 radical (unpaired) electrons. The molecule has 0 N–H and O–H groups in total. The van der Waals surface area contributed by atoms with Crippen molar-refractivity contribution in [2.45, 2.75) is 19.1 Å². The summed E-state index contributed by atoms with van der Waals surface area (Å²) in [5, 5.41) is 0. The second-order valence-electron chi connectivity index (χ2n) is 8.67. The number of amides is 3. The Labute approximate surface area is 205 Å². The average molecular weight is 482 g/mol. The van der Waals surface area contributed by atoms with E-state index in [4.69, 9.17) is 14.2 Å². The van der Waals surface area contributed by atoms with Crippen molar-refractivity contribution in [3.05, 3.63) is 65.7 Å². The number of ether oxygens (including phenoxy) is 3. The van der Waals surface area contributed by atoms with Gasteiger partial charge < -0.3 is 24.0 Å². The number of rotatable bonds is 9. The number of carbonyl (C=O) groups is 3. The molecule has 0 aliphatic carbocycles. The second-order valence-corrected chi connectivity index (χ2v) is 8.67. The SMILES string of the molecule is COc1cccc(COC2CN(CCc3ccccc3)C(=O)CN(C(=O)CN3CCOC3=O)C2)c1. The van der Waals surface area contributed by atoms with Crippen LogP contribution in [0.25, 0.3) is 0 Å². The molecule has 9 nitrogen and oxygen atoms in total. The van der Waals surface area contributed by atoms with E-state index in [1.165, 1.54) is 9.80 Å². The number of methoxy groups -OCH3 is 1. The minimum absolute atomic E-state index is 0.0461. The fourth-order valence-electron chi connectivity index (χ4n) is 4.21. The Balaban J connectivity index is 1.45. The highest BCUT2D eigenvalue weighted by Crippen LogP contribution is 2.17. The van der Waals surface area contributed by atoms with Crippen LogP contribution in [-0.2, 0) is 32.1 Å². The predicted molar refractivity (Wildman–Crippen MR) is 128 cm³/mol. The van der Waals surface area contributed by atoms with Gasteiger partial charge in [-0.15, -0.1) is 0 Å². The summed E-state index contributed by atoms with van der Waals surface area (Å²) < 4.78 is 16.4. The highest BCUT2D eigenvalue weighted by Gasteiger charge is 2.33. The molecule has 35 heavy (non-hydrogen) atoms. The van der Waals surface area contributed by atoms with Crippen molar-refractivity contribution >= 4 is 17.9 Å². The van der Waals surface area contributed by atoms with Gasteiger partial charge >= 0.3 is 6.09 Å². The Morgan fingerprint density at radius 1 is 1.03 bits per heavy atom. The number of benzene rings is 2. The number of nitrogens with zero attached hydrogens (tertiary/aromatic N) is 3. The summed E-state index contributed by atoms with van der Waals surface area (Å²) in [6.07, 6.45) is -0.171. The van der Waals surface area contributed by atoms with Crippen LogP contribution in [0.2, 0.25) is 0 Å². The van der Waals surface area contributed by atoms with Gasteiger partial charge in [-0.3, -0.25) is 14.5 Å². The van der Waals surface area contributed by atoms with E-state index in [0.717, 1.165) is 16.9 Å². The smallest absolute Gasteiger partial charge is 0.410 e. The van der Waals surface area contributed by atoms with E-state index >= 15 is 0 Å². The molecule has 2 aliphatic rings. The van der Waals surface area contributed by atoms with Gasteiger partial charge in [0.05, 0.1) is 32.9 Å². The van der Waals surface area contributed by atoms with Crippen molar-refractivity contribution in [1.29, 1.82) is 0 Å². The maximum Gasteiger partial charge on any atom is 0.410 e. The van der Waals surface area contributed by atoms with Crippen LogP contribution in [0.1, 0.15) is 11.1 Å². The van der Waals surface area contributed by atoms with Crippen LogP contribution in [0.3, 0.4) is 0 Å². The topological polar surface area (TPSA) is 88.6 Å². The zero-order chi connectivity index (χ0) is 24.6. The Hall–Kier alpha value is -3.59. The summed E-state index contributed by atoms with van der Waals surface area (Å²) in [5.74, 6) is 0.309. The van der Waals surface area contributed by atoms with Gasteiger partial charge in [0.2, 0.25) is 11.8 Å². The van der Waals surface area contributed by atoms with Crippen LogP contribution in [-0.4, -0.2) is 91.7 Å². The van der Waals surface area contributed by atoms with E-state index in [2.05, 4.69) is 0 Å². The monoisotopic (exact) mass is 481 g/mol. The Morgan fingerprint density at radius 3 is 2.57 bits per heavy atom. The third-order valence-corrected chi connectivity index (χ3v) is 6.18. The van der Waals surface area contributed by atoms with Gasteiger partial charge in [-0.2, -0.15) is 0 Å². The fourth-order valence-corrected chi connectivity index (χ4v) is 4.21. The molecule has 0 saturated carbocycles. The van der Waals surface area contributed by atoms with E-state index < -0.39 is 6.09 Å². The first-order chi connectivity index (χ1) is 17.0. The molecule has 0 aromatic heterocycles. The quantitative estimate of drug-likeness (QED) is 0.544. The van der Waals surface area contributed by atoms with E-state index in [0.29, 0.717) is 32.7 Å². The molecular weight excluding hydrogens is 450 g/mol. The lowest BCUT2D eigenvalue weighted by Crippen LogP contribution is -2.45. The number of hydrogen-bond acceptors (Lipinski definition) is 6. The molecule has 0 spiro atoms. The van der Waals surface area contributed by atoms with E-state index in [1.807, 2.05) is 54.6 Å². The van der Waals surface area contributed by atoms with Gasteiger partial charge in [-0.05, 0) is 29.7 Å². The maximum absolute atomic E-state index is 13.1. The second kappa shape index (κ2) is 11.7. The largest absolute Gasteiger partial charge is 0.497 e. The minimum atomic E-state index is -0.505. The molecule has 2 heterocycles. The summed E-state index contributed by atoms with van der Waals surface area (Å²) in [6.45, 7) is 1.97. The number of cyclic esters (lactones) is 1. The summed E-state index contributed by atoms with van der Waals surface area (Å²) >= 11 is 0. The molecule has 186 valence electrons. The van der Waals surface area contributed by atoms with Crippen LogP contribution in [0.4, 0.5) is 4.79 Å². The van der Waals surface area contributed by atoms with Crippen molar-refractivity contribution in [1.82, 2.24) is 14.7 Å². The first-order valence-corrected chi connectivity index (χ1v) is 11.8. The summed E-state index contributed by atoms with van der Waals surface area (Å²) in [5.41, 5.74) is 2.08. The normalized spacial score (nSPS) is 18.4. The number of carbonyl (C=O) groups excluding carboxylic acids is 3. The van der Waals surface area contributed by atoms with Crippen LogP contribution < -0.4 is 4.74 Å². The Kier molecular flexibility index (Phi) is 8.20. The molecule has 0 bridgehead atoms. The fraction of sp³-hybridized carbons (Fsp3) is 0.423. The molecule has 2 aliphatic heterocycles. The molecule has 2 saturated heterocycles. The molecule has 2 aromatic carbocycles. The van der Waals surface area contributed by atoms with Crippen LogP contribution in [0.5, 0.6) is 5.75 Å². The minimum Gasteiger partial charge on any atom is -0.497 e. The summed E-state index contributed by atoms with van der Waals surface area (Å²) in [6, 6.07) is 17.6. The van der Waals surface area contributed by atoms with E-state index in [1.54, 1.807) is 12.0 Å². The summed E-state index contributed by atoms with van der Waals surface area (Å²) in [4.78, 5) is 42.5. The third-order valence-electron chi connectivity index (χ3n) is 6.18.